The van der Waals surface area contributed by atoms with Crippen LogP contribution < -0.4 is 4.74 Å². The van der Waals surface area contributed by atoms with Gasteiger partial charge in [-0.15, -0.1) is 0 Å². The minimum Gasteiger partial charge on any atom is -0.427 e. The number of aryl methyl sites for hydroxylation is 1. The number of carbonyl (C=O) groups is 1. The number of ether oxygens (including phenoxy) is 1. The molecule has 3 nitrogen and oxygen atoms in total. The third-order valence-electron chi connectivity index (χ3n) is 4.06. The molecule has 0 N–H and O–H groups in total. The van der Waals surface area contributed by atoms with Gasteiger partial charge >= 0.3 is 5.97 Å². The molecule has 21 heavy (non-hydrogen) atoms. The van der Waals surface area contributed by atoms with E-state index in [0.29, 0.717) is 5.75 Å². The van der Waals surface area contributed by atoms with Crippen LogP contribution in [0.4, 0.5) is 0 Å². The fraction of sp³-hybridized carbons (Fsp3) is 0.588. The molecule has 0 bridgehead atoms. The van der Waals surface area contributed by atoms with Gasteiger partial charge in [-0.05, 0) is 48.7 Å². The fourth-order valence-corrected chi connectivity index (χ4v) is 2.80. The molecule has 0 aliphatic carbocycles. The topological polar surface area (TPSA) is 35.5 Å². The molecule has 118 valence electrons. The average molecular weight is 308 g/mol. The molecular weight excluding hydrogens is 280 g/mol. The maximum atomic E-state index is 10.8. The van der Waals surface area contributed by atoms with E-state index in [1.165, 1.54) is 12.5 Å². The van der Waals surface area contributed by atoms with E-state index in [1.807, 2.05) is 24.3 Å². The third kappa shape index (κ3) is 6.02. The third-order valence-corrected chi connectivity index (χ3v) is 8.60. The Morgan fingerprint density at radius 3 is 2.19 bits per heavy atom. The van der Waals surface area contributed by atoms with E-state index in [-0.39, 0.29) is 11.0 Å². The Labute approximate surface area is 129 Å². The lowest BCUT2D eigenvalue weighted by Crippen LogP contribution is -2.41. The van der Waals surface area contributed by atoms with Crippen LogP contribution in [0.3, 0.4) is 0 Å². The summed E-state index contributed by atoms with van der Waals surface area (Å²) in [6.07, 6.45) is 1.99. The quantitative estimate of drug-likeness (QED) is 0.334. The van der Waals surface area contributed by atoms with Crippen molar-refractivity contribution in [1.29, 1.82) is 0 Å². The molecule has 1 rings (SSSR count). The van der Waals surface area contributed by atoms with Crippen molar-refractivity contribution in [2.75, 3.05) is 6.61 Å². The first-order valence-corrected chi connectivity index (χ1v) is 10.4. The Kier molecular flexibility index (Phi) is 6.17. The number of carbonyl (C=O) groups excluding carboxylic acids is 1. The van der Waals surface area contributed by atoms with Gasteiger partial charge < -0.3 is 9.16 Å². The van der Waals surface area contributed by atoms with Crippen LogP contribution >= 0.6 is 0 Å². The molecule has 0 spiro atoms. The van der Waals surface area contributed by atoms with Gasteiger partial charge in [0.1, 0.15) is 5.75 Å². The summed E-state index contributed by atoms with van der Waals surface area (Å²) >= 11 is 0. The number of esters is 1. The highest BCUT2D eigenvalue weighted by Gasteiger charge is 2.36. The molecule has 0 aliphatic heterocycles. The van der Waals surface area contributed by atoms with Crippen LogP contribution in [0, 0.1) is 0 Å². The highest BCUT2D eigenvalue weighted by molar-refractivity contribution is 6.74. The number of rotatable bonds is 6. The minimum absolute atomic E-state index is 0.263. The van der Waals surface area contributed by atoms with Gasteiger partial charge in [0, 0.05) is 13.5 Å². The summed E-state index contributed by atoms with van der Waals surface area (Å²) in [5.74, 6) is 0.314. The lowest BCUT2D eigenvalue weighted by molar-refractivity contribution is -0.131. The first kappa shape index (κ1) is 17.9. The molecule has 0 aromatic heterocycles. The Balaban J connectivity index is 2.38. The van der Waals surface area contributed by atoms with Crippen molar-refractivity contribution in [3.8, 4) is 5.75 Å². The number of hydrogen-bond acceptors (Lipinski definition) is 3. The summed E-state index contributed by atoms with van der Waals surface area (Å²) in [4.78, 5) is 10.8. The Bertz CT molecular complexity index is 458. The smallest absolute Gasteiger partial charge is 0.308 e. The molecule has 4 heteroatoms. The van der Waals surface area contributed by atoms with Crippen LogP contribution in [0.25, 0.3) is 0 Å². The van der Waals surface area contributed by atoms with E-state index in [9.17, 15) is 4.79 Å². The molecule has 0 fully saturated rings. The molecule has 0 amide bonds. The predicted molar refractivity (Wildman–Crippen MR) is 89.2 cm³/mol. The lowest BCUT2D eigenvalue weighted by atomic mass is 10.1. The van der Waals surface area contributed by atoms with E-state index >= 15 is 0 Å². The van der Waals surface area contributed by atoms with Gasteiger partial charge in [-0.2, -0.15) is 0 Å². The van der Waals surface area contributed by atoms with Gasteiger partial charge in [0.25, 0.3) is 0 Å². The summed E-state index contributed by atoms with van der Waals surface area (Å²) in [5.41, 5.74) is 1.24. The van der Waals surface area contributed by atoms with E-state index in [4.69, 9.17) is 9.16 Å². The Hall–Kier alpha value is -1.13. The van der Waals surface area contributed by atoms with Crippen LogP contribution in [-0.4, -0.2) is 20.9 Å². The molecule has 0 saturated heterocycles. The summed E-state index contributed by atoms with van der Waals surface area (Å²) < 4.78 is 11.2. The van der Waals surface area contributed by atoms with Crippen LogP contribution in [0.5, 0.6) is 5.75 Å². The van der Waals surface area contributed by atoms with Crippen LogP contribution in [0.15, 0.2) is 24.3 Å². The van der Waals surface area contributed by atoms with E-state index in [1.54, 1.807) is 0 Å². The first-order chi connectivity index (χ1) is 9.62. The average Bonchev–Trinajstić information content (AvgIpc) is 2.34. The molecule has 0 heterocycles. The van der Waals surface area contributed by atoms with Crippen LogP contribution in [0.1, 0.15) is 39.7 Å². The Morgan fingerprint density at radius 1 is 1.14 bits per heavy atom. The van der Waals surface area contributed by atoms with Crippen molar-refractivity contribution in [3.63, 3.8) is 0 Å². The van der Waals surface area contributed by atoms with Crippen LogP contribution in [-0.2, 0) is 15.6 Å². The van der Waals surface area contributed by atoms with Gasteiger partial charge in [0.05, 0.1) is 0 Å². The summed E-state index contributed by atoms with van der Waals surface area (Å²) in [6, 6.07) is 7.69. The molecule has 0 saturated carbocycles. The van der Waals surface area contributed by atoms with Crippen LogP contribution in [0.2, 0.25) is 18.1 Å². The van der Waals surface area contributed by atoms with Gasteiger partial charge in [-0.25, -0.2) is 0 Å². The van der Waals surface area contributed by atoms with E-state index < -0.39 is 8.32 Å². The maximum Gasteiger partial charge on any atom is 0.308 e. The largest absolute Gasteiger partial charge is 0.427 e. The van der Waals surface area contributed by atoms with Crippen molar-refractivity contribution >= 4 is 14.3 Å². The number of benzene rings is 1. The van der Waals surface area contributed by atoms with Crippen molar-refractivity contribution in [2.45, 2.75) is 58.7 Å². The molecule has 0 unspecified atom stereocenters. The van der Waals surface area contributed by atoms with Gasteiger partial charge in [-0.1, -0.05) is 32.9 Å². The molecule has 1 aromatic rings. The minimum atomic E-state index is -1.63. The van der Waals surface area contributed by atoms with Crippen molar-refractivity contribution in [3.05, 3.63) is 29.8 Å². The molecule has 0 radical (unpaired) electrons. The second kappa shape index (κ2) is 7.23. The molecule has 1 aromatic carbocycles. The zero-order chi connectivity index (χ0) is 16.1. The van der Waals surface area contributed by atoms with Crippen molar-refractivity contribution in [2.24, 2.45) is 0 Å². The molecule has 0 aliphatic rings. The zero-order valence-electron chi connectivity index (χ0n) is 14.2. The predicted octanol–water partition coefficient (Wildman–Crippen LogP) is 4.57. The van der Waals surface area contributed by atoms with E-state index in [0.717, 1.165) is 19.4 Å². The highest BCUT2D eigenvalue weighted by Crippen LogP contribution is 2.36. The van der Waals surface area contributed by atoms with Gasteiger partial charge in [0.15, 0.2) is 8.32 Å². The SMILES string of the molecule is CC(=O)Oc1ccc(CCCO[Si](C)(C)C(C)(C)C)cc1. The van der Waals surface area contributed by atoms with Gasteiger partial charge in [-0.3, -0.25) is 4.79 Å². The second-order valence-corrected chi connectivity index (χ2v) is 11.8. The summed E-state index contributed by atoms with van der Waals surface area (Å²) in [5, 5.41) is 0.263. The standard InChI is InChI=1S/C17H28O3Si/c1-14(18)20-16-11-9-15(10-12-16)8-7-13-19-21(5,6)17(2,3)4/h9-12H,7-8,13H2,1-6H3. The summed E-state index contributed by atoms with van der Waals surface area (Å²) in [6.45, 7) is 13.5. The maximum absolute atomic E-state index is 10.8. The fourth-order valence-electron chi connectivity index (χ4n) is 1.71. The molecular formula is C17H28O3Si. The lowest BCUT2D eigenvalue weighted by Gasteiger charge is -2.36. The zero-order valence-corrected chi connectivity index (χ0v) is 15.2. The van der Waals surface area contributed by atoms with E-state index in [2.05, 4.69) is 33.9 Å². The normalized spacial score (nSPS) is 12.3. The van der Waals surface area contributed by atoms with Gasteiger partial charge in [0.2, 0.25) is 0 Å². The highest BCUT2D eigenvalue weighted by atomic mass is 28.4. The van der Waals surface area contributed by atoms with Crippen molar-refractivity contribution in [1.82, 2.24) is 0 Å². The number of hydrogen-bond donors (Lipinski definition) is 0. The van der Waals surface area contributed by atoms with Crippen molar-refractivity contribution < 1.29 is 14.0 Å². The Morgan fingerprint density at radius 2 is 1.71 bits per heavy atom. The summed E-state index contributed by atoms with van der Waals surface area (Å²) in [7, 11) is -1.63. The molecule has 0 atom stereocenters. The monoisotopic (exact) mass is 308 g/mol. The first-order valence-electron chi connectivity index (χ1n) is 7.53. The second-order valence-electron chi connectivity index (χ2n) is 6.95.